The predicted molar refractivity (Wildman–Crippen MR) is 87.3 cm³/mol. The highest BCUT2D eigenvalue weighted by Crippen LogP contribution is 2.27. The molecule has 0 heterocycles. The zero-order chi connectivity index (χ0) is 15.6. The average Bonchev–Trinajstić information content (AvgIpc) is 2.49. The van der Waals surface area contributed by atoms with Gasteiger partial charge in [0.15, 0.2) is 5.78 Å². The maximum Gasteiger partial charge on any atom is 0.193 e. The third-order valence-electron chi connectivity index (χ3n) is 3.99. The number of ketones is 1. The highest BCUT2D eigenvalue weighted by molar-refractivity contribution is 9.10. The van der Waals surface area contributed by atoms with Gasteiger partial charge in [0.05, 0.1) is 4.47 Å². The molecule has 0 aliphatic rings. The van der Waals surface area contributed by atoms with Crippen molar-refractivity contribution in [1.82, 2.24) is 0 Å². The van der Waals surface area contributed by atoms with Crippen LogP contribution in [0.1, 0.15) is 48.7 Å². The minimum Gasteiger partial charge on any atom is -0.289 e. The minimum absolute atomic E-state index is 0.0977. The number of rotatable bonds is 4. The molecule has 0 spiro atoms. The first kappa shape index (κ1) is 15.9. The highest BCUT2D eigenvalue weighted by atomic mass is 79.9. The summed E-state index contributed by atoms with van der Waals surface area (Å²) in [6.45, 7) is 6.51. The molecule has 0 aliphatic heterocycles. The summed E-state index contributed by atoms with van der Waals surface area (Å²) < 4.78 is 13.5. The van der Waals surface area contributed by atoms with E-state index in [4.69, 9.17) is 0 Å². The number of carbonyl (C=O) groups is 1. The summed E-state index contributed by atoms with van der Waals surface area (Å²) in [5, 5.41) is 0. The van der Waals surface area contributed by atoms with E-state index in [1.165, 1.54) is 23.8 Å². The van der Waals surface area contributed by atoms with E-state index in [9.17, 15) is 9.18 Å². The van der Waals surface area contributed by atoms with Crippen LogP contribution in [0.3, 0.4) is 0 Å². The standard InChI is InChI=1S/C18H18BrFO/c1-4-18(2,3)14-8-5-12(6-9-14)17(21)13-7-10-16(20)15(19)11-13/h5-11H,4H2,1-3H3. The molecule has 0 amide bonds. The SMILES string of the molecule is CCC(C)(C)c1ccc(C(=O)c2ccc(F)c(Br)c2)cc1. The fraction of sp³-hybridized carbons (Fsp3) is 0.278. The van der Waals surface area contributed by atoms with Gasteiger partial charge in [-0.15, -0.1) is 0 Å². The Kier molecular flexibility index (Phi) is 4.62. The topological polar surface area (TPSA) is 17.1 Å². The van der Waals surface area contributed by atoms with Crippen molar-refractivity contribution < 1.29 is 9.18 Å². The second kappa shape index (κ2) is 6.10. The van der Waals surface area contributed by atoms with Crippen molar-refractivity contribution in [2.75, 3.05) is 0 Å². The van der Waals surface area contributed by atoms with Crippen molar-refractivity contribution in [3.8, 4) is 0 Å². The third-order valence-corrected chi connectivity index (χ3v) is 4.60. The van der Waals surface area contributed by atoms with Crippen LogP contribution in [-0.4, -0.2) is 5.78 Å². The molecule has 0 unspecified atom stereocenters. The Hall–Kier alpha value is -1.48. The number of hydrogen-bond acceptors (Lipinski definition) is 1. The maximum atomic E-state index is 13.2. The molecule has 2 aromatic carbocycles. The van der Waals surface area contributed by atoms with E-state index < -0.39 is 0 Å². The van der Waals surface area contributed by atoms with Crippen LogP contribution in [0, 0.1) is 5.82 Å². The van der Waals surface area contributed by atoms with Crippen LogP contribution in [0.2, 0.25) is 0 Å². The molecule has 0 fully saturated rings. The Morgan fingerprint density at radius 3 is 2.19 bits per heavy atom. The van der Waals surface area contributed by atoms with E-state index >= 15 is 0 Å². The summed E-state index contributed by atoms with van der Waals surface area (Å²) in [4.78, 5) is 12.4. The second-order valence-electron chi connectivity index (χ2n) is 5.77. The lowest BCUT2D eigenvalue weighted by atomic mass is 9.82. The normalized spacial score (nSPS) is 11.5. The molecule has 21 heavy (non-hydrogen) atoms. The number of halogens is 2. The molecule has 0 radical (unpaired) electrons. The van der Waals surface area contributed by atoms with Crippen LogP contribution < -0.4 is 0 Å². The lowest BCUT2D eigenvalue weighted by Gasteiger charge is -2.23. The summed E-state index contributed by atoms with van der Waals surface area (Å²) in [5.41, 5.74) is 2.40. The summed E-state index contributed by atoms with van der Waals surface area (Å²) >= 11 is 3.11. The van der Waals surface area contributed by atoms with Crippen LogP contribution in [0.25, 0.3) is 0 Å². The van der Waals surface area contributed by atoms with Crippen molar-refractivity contribution in [2.45, 2.75) is 32.6 Å². The fourth-order valence-corrected chi connectivity index (χ4v) is 2.46. The van der Waals surface area contributed by atoms with Gasteiger partial charge >= 0.3 is 0 Å². The van der Waals surface area contributed by atoms with Gasteiger partial charge < -0.3 is 0 Å². The molecular weight excluding hydrogens is 331 g/mol. The zero-order valence-corrected chi connectivity index (χ0v) is 14.0. The Morgan fingerprint density at radius 1 is 1.10 bits per heavy atom. The zero-order valence-electron chi connectivity index (χ0n) is 12.4. The summed E-state index contributed by atoms with van der Waals surface area (Å²) in [6.07, 6.45) is 1.03. The van der Waals surface area contributed by atoms with Crippen molar-refractivity contribution in [2.24, 2.45) is 0 Å². The quantitative estimate of drug-likeness (QED) is 0.666. The lowest BCUT2D eigenvalue weighted by Crippen LogP contribution is -2.15. The maximum absolute atomic E-state index is 13.2. The molecule has 0 saturated carbocycles. The van der Waals surface area contributed by atoms with Crippen molar-refractivity contribution in [3.05, 3.63) is 69.4 Å². The molecule has 1 nitrogen and oxygen atoms in total. The molecule has 0 aliphatic carbocycles. The van der Waals surface area contributed by atoms with Crippen molar-refractivity contribution >= 4 is 21.7 Å². The van der Waals surface area contributed by atoms with E-state index in [0.29, 0.717) is 15.6 Å². The molecule has 110 valence electrons. The molecule has 2 aromatic rings. The van der Waals surface area contributed by atoms with Gasteiger partial charge in [-0.25, -0.2) is 4.39 Å². The van der Waals surface area contributed by atoms with Gasteiger partial charge in [-0.3, -0.25) is 4.79 Å². The van der Waals surface area contributed by atoms with E-state index in [-0.39, 0.29) is 17.0 Å². The molecule has 0 saturated heterocycles. The predicted octanol–water partition coefficient (Wildman–Crippen LogP) is 5.51. The first-order valence-corrected chi connectivity index (χ1v) is 7.75. The van der Waals surface area contributed by atoms with Gasteiger partial charge in [0, 0.05) is 11.1 Å². The number of carbonyl (C=O) groups excluding carboxylic acids is 1. The van der Waals surface area contributed by atoms with Crippen LogP contribution in [-0.2, 0) is 5.41 Å². The van der Waals surface area contributed by atoms with Crippen LogP contribution in [0.15, 0.2) is 46.9 Å². The van der Waals surface area contributed by atoms with Crippen molar-refractivity contribution in [3.63, 3.8) is 0 Å². The van der Waals surface area contributed by atoms with E-state index in [2.05, 4.69) is 36.7 Å². The molecule has 0 aromatic heterocycles. The van der Waals surface area contributed by atoms with E-state index in [0.717, 1.165) is 6.42 Å². The Morgan fingerprint density at radius 2 is 1.67 bits per heavy atom. The summed E-state index contributed by atoms with van der Waals surface area (Å²) in [7, 11) is 0. The molecule has 3 heteroatoms. The molecule has 2 rings (SSSR count). The van der Waals surface area contributed by atoms with Gasteiger partial charge in [0.1, 0.15) is 5.82 Å². The number of hydrogen-bond donors (Lipinski definition) is 0. The smallest absolute Gasteiger partial charge is 0.193 e. The Labute approximate surface area is 133 Å². The van der Waals surface area contributed by atoms with Crippen molar-refractivity contribution in [1.29, 1.82) is 0 Å². The molecule has 0 bridgehead atoms. The van der Waals surface area contributed by atoms with Gasteiger partial charge in [0.2, 0.25) is 0 Å². The summed E-state index contributed by atoms with van der Waals surface area (Å²) in [5.74, 6) is -0.469. The van der Waals surface area contributed by atoms with Gasteiger partial charge in [-0.2, -0.15) is 0 Å². The van der Waals surface area contributed by atoms with Crippen LogP contribution in [0.5, 0.6) is 0 Å². The first-order valence-electron chi connectivity index (χ1n) is 6.95. The highest BCUT2D eigenvalue weighted by Gasteiger charge is 2.18. The minimum atomic E-state index is -0.369. The first-order chi connectivity index (χ1) is 9.85. The molecule has 0 N–H and O–H groups in total. The van der Waals surface area contributed by atoms with Crippen LogP contribution >= 0.6 is 15.9 Å². The van der Waals surface area contributed by atoms with Gasteiger partial charge in [0.25, 0.3) is 0 Å². The fourth-order valence-electron chi connectivity index (χ4n) is 2.08. The molecule has 0 atom stereocenters. The van der Waals surface area contributed by atoms with E-state index in [1.807, 2.05) is 24.3 Å². The largest absolute Gasteiger partial charge is 0.289 e. The monoisotopic (exact) mass is 348 g/mol. The van der Waals surface area contributed by atoms with Crippen LogP contribution in [0.4, 0.5) is 4.39 Å². The van der Waals surface area contributed by atoms with E-state index in [1.54, 1.807) is 0 Å². The average molecular weight is 349 g/mol. The lowest BCUT2D eigenvalue weighted by molar-refractivity contribution is 0.103. The summed E-state index contributed by atoms with van der Waals surface area (Å²) in [6, 6.07) is 12.0. The second-order valence-corrected chi connectivity index (χ2v) is 6.63. The Balaban J connectivity index is 2.30. The van der Waals surface area contributed by atoms with Gasteiger partial charge in [-0.05, 0) is 51.5 Å². The third kappa shape index (κ3) is 3.41. The number of benzene rings is 2. The molecular formula is C18H18BrFO. The van der Waals surface area contributed by atoms with Gasteiger partial charge in [-0.1, -0.05) is 45.0 Å². The Bertz CT molecular complexity index is 659.